The average Bonchev–Trinajstić information content (AvgIpc) is 2.41. The highest BCUT2D eigenvalue weighted by Gasteiger charge is 2.26. The first-order chi connectivity index (χ1) is 8.72. The highest BCUT2D eigenvalue weighted by atomic mass is 16.5. The van der Waals surface area contributed by atoms with Gasteiger partial charge in [-0.05, 0) is 41.3 Å². The molecule has 0 saturated carbocycles. The summed E-state index contributed by atoms with van der Waals surface area (Å²) < 4.78 is 5.47. The van der Waals surface area contributed by atoms with E-state index >= 15 is 0 Å². The van der Waals surface area contributed by atoms with Crippen molar-refractivity contribution in [3.8, 4) is 5.75 Å². The molecule has 2 nitrogen and oxygen atoms in total. The van der Waals surface area contributed by atoms with Crippen molar-refractivity contribution in [2.24, 2.45) is 0 Å². The number of hydrogen-bond acceptors (Lipinski definition) is 2. The lowest BCUT2D eigenvalue weighted by Crippen LogP contribution is -2.13. The molecule has 2 unspecified atom stereocenters. The third-order valence-electron chi connectivity index (χ3n) is 4.03. The van der Waals surface area contributed by atoms with Crippen molar-refractivity contribution in [1.82, 2.24) is 0 Å². The van der Waals surface area contributed by atoms with Gasteiger partial charge in [-0.1, -0.05) is 31.2 Å². The predicted molar refractivity (Wildman–Crippen MR) is 73.1 cm³/mol. The van der Waals surface area contributed by atoms with E-state index in [1.165, 1.54) is 10.9 Å². The standard InChI is InChI=1S/C16H18O2/c1-10-7-8-14(17)13-9-15(18-2)11-5-3-4-6-12(11)16(10)13/h3-6,9-10,14,17H,7-8H2,1-2H3. The lowest BCUT2D eigenvalue weighted by Gasteiger charge is -2.29. The fourth-order valence-electron chi connectivity index (χ4n) is 3.09. The van der Waals surface area contributed by atoms with Gasteiger partial charge < -0.3 is 9.84 Å². The monoisotopic (exact) mass is 242 g/mol. The van der Waals surface area contributed by atoms with Crippen molar-refractivity contribution in [2.45, 2.75) is 31.8 Å². The van der Waals surface area contributed by atoms with Crippen LogP contribution in [0.15, 0.2) is 30.3 Å². The fraction of sp³-hybridized carbons (Fsp3) is 0.375. The van der Waals surface area contributed by atoms with E-state index in [9.17, 15) is 5.11 Å². The highest BCUT2D eigenvalue weighted by molar-refractivity contribution is 5.92. The number of methoxy groups -OCH3 is 1. The van der Waals surface area contributed by atoms with Gasteiger partial charge in [-0.3, -0.25) is 0 Å². The van der Waals surface area contributed by atoms with Crippen LogP contribution in [0.2, 0.25) is 0 Å². The summed E-state index contributed by atoms with van der Waals surface area (Å²) in [6.45, 7) is 2.24. The van der Waals surface area contributed by atoms with Crippen molar-refractivity contribution in [1.29, 1.82) is 0 Å². The predicted octanol–water partition coefficient (Wildman–Crippen LogP) is 3.78. The molecule has 2 aromatic carbocycles. The lowest BCUT2D eigenvalue weighted by molar-refractivity contribution is 0.152. The second-order valence-corrected chi connectivity index (χ2v) is 5.12. The number of aliphatic hydroxyl groups is 1. The Balaban J connectivity index is 2.39. The minimum Gasteiger partial charge on any atom is -0.496 e. The van der Waals surface area contributed by atoms with Crippen molar-refractivity contribution < 1.29 is 9.84 Å². The van der Waals surface area contributed by atoms with Crippen LogP contribution in [0.5, 0.6) is 5.75 Å². The van der Waals surface area contributed by atoms with Gasteiger partial charge in [-0.15, -0.1) is 0 Å². The van der Waals surface area contributed by atoms with E-state index in [0.29, 0.717) is 5.92 Å². The molecule has 1 aliphatic rings. The molecule has 0 aliphatic heterocycles. The summed E-state index contributed by atoms with van der Waals surface area (Å²) in [7, 11) is 1.69. The van der Waals surface area contributed by atoms with Crippen LogP contribution in [0.1, 0.15) is 42.9 Å². The number of hydrogen-bond donors (Lipinski definition) is 1. The number of aliphatic hydroxyl groups excluding tert-OH is 1. The Morgan fingerprint density at radius 3 is 2.61 bits per heavy atom. The highest BCUT2D eigenvalue weighted by Crippen LogP contribution is 2.44. The Hall–Kier alpha value is -1.54. The molecule has 0 fully saturated rings. The Morgan fingerprint density at radius 1 is 1.17 bits per heavy atom. The van der Waals surface area contributed by atoms with Crippen LogP contribution in [0, 0.1) is 0 Å². The third kappa shape index (κ3) is 1.60. The molecule has 2 aromatic rings. The average molecular weight is 242 g/mol. The molecule has 0 aromatic heterocycles. The van der Waals surface area contributed by atoms with E-state index in [1.807, 2.05) is 12.1 Å². The number of fused-ring (bicyclic) bond motifs is 3. The molecule has 18 heavy (non-hydrogen) atoms. The zero-order chi connectivity index (χ0) is 12.7. The first-order valence-electron chi connectivity index (χ1n) is 6.50. The summed E-state index contributed by atoms with van der Waals surface area (Å²) in [5, 5.41) is 12.6. The smallest absolute Gasteiger partial charge is 0.127 e. The molecule has 0 spiro atoms. The van der Waals surface area contributed by atoms with E-state index in [0.717, 1.165) is 29.5 Å². The Labute approximate surface area is 107 Å². The maximum absolute atomic E-state index is 10.2. The SMILES string of the molecule is COc1cc2c(c3ccccc13)C(C)CCC2O. The summed E-state index contributed by atoms with van der Waals surface area (Å²) >= 11 is 0. The van der Waals surface area contributed by atoms with Crippen LogP contribution in [-0.2, 0) is 0 Å². The Bertz CT molecular complexity index is 589. The number of benzene rings is 2. The zero-order valence-electron chi connectivity index (χ0n) is 10.8. The molecule has 2 atom stereocenters. The van der Waals surface area contributed by atoms with Crippen LogP contribution in [-0.4, -0.2) is 12.2 Å². The topological polar surface area (TPSA) is 29.5 Å². The molecule has 0 amide bonds. The van der Waals surface area contributed by atoms with Crippen LogP contribution in [0.3, 0.4) is 0 Å². The van der Waals surface area contributed by atoms with Crippen molar-refractivity contribution in [3.63, 3.8) is 0 Å². The molecule has 0 bridgehead atoms. The van der Waals surface area contributed by atoms with E-state index in [1.54, 1.807) is 7.11 Å². The molecular formula is C16H18O2. The summed E-state index contributed by atoms with van der Waals surface area (Å²) in [5.74, 6) is 1.36. The Morgan fingerprint density at radius 2 is 1.89 bits per heavy atom. The van der Waals surface area contributed by atoms with Gasteiger partial charge in [0.1, 0.15) is 5.75 Å². The van der Waals surface area contributed by atoms with Gasteiger partial charge in [0.25, 0.3) is 0 Å². The summed E-state index contributed by atoms with van der Waals surface area (Å²) in [6, 6.07) is 10.3. The molecule has 1 N–H and O–H groups in total. The molecule has 1 aliphatic carbocycles. The van der Waals surface area contributed by atoms with Gasteiger partial charge in [0.15, 0.2) is 0 Å². The Kier molecular flexibility index (Phi) is 2.75. The second kappa shape index (κ2) is 4.29. The first-order valence-corrected chi connectivity index (χ1v) is 6.50. The zero-order valence-corrected chi connectivity index (χ0v) is 10.8. The van der Waals surface area contributed by atoms with E-state index in [-0.39, 0.29) is 6.10 Å². The molecule has 0 heterocycles. The van der Waals surface area contributed by atoms with Gasteiger partial charge in [0, 0.05) is 5.39 Å². The van der Waals surface area contributed by atoms with Crippen molar-refractivity contribution in [3.05, 3.63) is 41.5 Å². The van der Waals surface area contributed by atoms with Gasteiger partial charge >= 0.3 is 0 Å². The number of rotatable bonds is 1. The number of ether oxygens (including phenoxy) is 1. The third-order valence-corrected chi connectivity index (χ3v) is 4.03. The van der Waals surface area contributed by atoms with Crippen LogP contribution in [0.25, 0.3) is 10.8 Å². The molecule has 0 saturated heterocycles. The molecular weight excluding hydrogens is 224 g/mol. The summed E-state index contributed by atoms with van der Waals surface area (Å²) in [6.07, 6.45) is 1.54. The first kappa shape index (κ1) is 11.5. The summed E-state index contributed by atoms with van der Waals surface area (Å²) in [5.41, 5.74) is 2.34. The van der Waals surface area contributed by atoms with E-state index in [2.05, 4.69) is 25.1 Å². The van der Waals surface area contributed by atoms with Crippen molar-refractivity contribution in [2.75, 3.05) is 7.11 Å². The van der Waals surface area contributed by atoms with Crippen LogP contribution in [0.4, 0.5) is 0 Å². The maximum atomic E-state index is 10.2. The van der Waals surface area contributed by atoms with Crippen LogP contribution >= 0.6 is 0 Å². The fourth-order valence-corrected chi connectivity index (χ4v) is 3.09. The molecule has 2 heteroatoms. The van der Waals surface area contributed by atoms with E-state index in [4.69, 9.17) is 4.74 Å². The molecule has 94 valence electrons. The lowest BCUT2D eigenvalue weighted by atomic mass is 9.79. The normalized spacial score (nSPS) is 22.8. The largest absolute Gasteiger partial charge is 0.496 e. The van der Waals surface area contributed by atoms with E-state index < -0.39 is 0 Å². The van der Waals surface area contributed by atoms with Gasteiger partial charge in [0.2, 0.25) is 0 Å². The van der Waals surface area contributed by atoms with Crippen molar-refractivity contribution >= 4 is 10.8 Å². The van der Waals surface area contributed by atoms with Gasteiger partial charge in [-0.25, -0.2) is 0 Å². The maximum Gasteiger partial charge on any atom is 0.127 e. The molecule has 0 radical (unpaired) electrons. The summed E-state index contributed by atoms with van der Waals surface area (Å²) in [4.78, 5) is 0. The minimum atomic E-state index is -0.352. The molecule has 3 rings (SSSR count). The second-order valence-electron chi connectivity index (χ2n) is 5.12. The quantitative estimate of drug-likeness (QED) is 0.824. The van der Waals surface area contributed by atoms with Gasteiger partial charge in [0.05, 0.1) is 13.2 Å². The van der Waals surface area contributed by atoms with Gasteiger partial charge in [-0.2, -0.15) is 0 Å². The van der Waals surface area contributed by atoms with Crippen LogP contribution < -0.4 is 4.74 Å². The minimum absolute atomic E-state index is 0.352.